The van der Waals surface area contributed by atoms with Crippen LogP contribution in [0.25, 0.3) is 0 Å². The van der Waals surface area contributed by atoms with Gasteiger partial charge in [-0.1, -0.05) is 70.7 Å². The van der Waals surface area contributed by atoms with Crippen molar-refractivity contribution in [1.82, 2.24) is 40.5 Å². The zero-order valence-corrected chi connectivity index (χ0v) is 46.2. The molecule has 0 aromatic heterocycles. The molecule has 24 heteroatoms. The van der Waals surface area contributed by atoms with E-state index in [0.29, 0.717) is 72.2 Å². The summed E-state index contributed by atoms with van der Waals surface area (Å²) in [5, 5.41) is 13.3. The van der Waals surface area contributed by atoms with Crippen LogP contribution in [0, 0.1) is 0 Å². The summed E-state index contributed by atoms with van der Waals surface area (Å²) in [4.78, 5) is 28.8. The van der Waals surface area contributed by atoms with Gasteiger partial charge in [0.15, 0.2) is 0 Å². The van der Waals surface area contributed by atoms with E-state index in [1.807, 2.05) is 50.5 Å². The molecule has 0 fully saturated rings. The van der Waals surface area contributed by atoms with Gasteiger partial charge in [-0.3, -0.25) is 0 Å². The summed E-state index contributed by atoms with van der Waals surface area (Å²) in [7, 11) is -3.45. The zero-order valence-electron chi connectivity index (χ0n) is 41.5. The number of carbonyl (C=O) groups is 2. The molecule has 2 aliphatic heterocycles. The predicted octanol–water partition coefficient (Wildman–Crippen LogP) is 6.16. The van der Waals surface area contributed by atoms with E-state index in [1.165, 1.54) is 0 Å². The topological polar surface area (TPSA) is 218 Å². The van der Waals surface area contributed by atoms with Crippen LogP contribution in [-0.4, -0.2) is 158 Å². The van der Waals surface area contributed by atoms with Crippen LogP contribution < -0.4 is 30.7 Å². The summed E-state index contributed by atoms with van der Waals surface area (Å²) >= 11 is 25.6. The van der Waals surface area contributed by atoms with Crippen molar-refractivity contribution in [1.29, 1.82) is 0 Å². The highest BCUT2D eigenvalue weighted by molar-refractivity contribution is 7.89. The van der Waals surface area contributed by atoms with Crippen LogP contribution in [0.15, 0.2) is 82.6 Å². The number of amides is 4. The number of unbranched alkanes of at least 4 members (excludes halogenated alkanes) is 1. The second-order valence-electron chi connectivity index (χ2n) is 17.9. The van der Waals surface area contributed by atoms with E-state index in [-0.39, 0.29) is 99.6 Å². The molecule has 4 aromatic carbocycles. The van der Waals surface area contributed by atoms with Crippen LogP contribution in [0.4, 0.5) is 9.59 Å². The number of hydrogen-bond donors (Lipinski definition) is 6. The summed E-state index contributed by atoms with van der Waals surface area (Å²) in [5.74, 6) is 0.000383. The molecule has 2 aliphatic rings. The van der Waals surface area contributed by atoms with Gasteiger partial charge in [0.1, 0.15) is 0 Å². The summed E-state index contributed by atoms with van der Waals surface area (Å²) in [6, 6.07) is 20.4. The minimum Gasteiger partial charge on any atom is -0.378 e. The Morgan fingerprint density at radius 1 is 0.500 bits per heavy atom. The molecule has 6 rings (SSSR count). The molecule has 0 bridgehead atoms. The average molecular weight is 1150 g/mol. The van der Waals surface area contributed by atoms with Crippen LogP contribution in [0.3, 0.4) is 0 Å². The van der Waals surface area contributed by atoms with Gasteiger partial charge in [0, 0.05) is 97.4 Å². The van der Waals surface area contributed by atoms with Crippen molar-refractivity contribution in [2.75, 3.05) is 119 Å². The van der Waals surface area contributed by atoms with E-state index >= 15 is 0 Å². The average Bonchev–Trinajstić information content (AvgIpc) is 3.36. The SMILES string of the molecule is CN1Cc2c(Cl)cc(Cl)cc2C(c2ccc(S(=O)(=O)NCCOCCOCCNC(=O)NCCCCNC(=O)NCCOCCOCCNS(=O)(=O)c3ccc(C4CN(C)Cc5c(Cl)cc(Cl)cc54)cc3)cc2)C1. The van der Waals surface area contributed by atoms with Gasteiger partial charge in [-0.25, -0.2) is 35.9 Å². The standard InChI is InChI=1S/C50H66Cl4N8O10S2/c1-61-31-43(41-27-37(51)29-47(53)45(41)33-61)35-5-9-39(10-6-35)73(65,66)59-17-21-71-25-23-69-19-15-57-49(63)55-13-3-4-14-56-50(64)58-16-20-70-24-26-72-22-18-60-74(67,68)40-11-7-36(8-12-40)44-32-62(2)34-46-42(44)28-38(52)30-48(46)54/h5-12,27-30,43-44,59-60H,3-4,13-26,31-34H2,1-2H3,(H2,55,57,63)(H2,56,58,64). The zero-order chi connectivity index (χ0) is 53.1. The molecule has 0 saturated heterocycles. The number of carbonyl (C=O) groups excluding carboxylic acids is 2. The lowest BCUT2D eigenvalue weighted by Gasteiger charge is -2.33. The van der Waals surface area contributed by atoms with Gasteiger partial charge in [-0.15, -0.1) is 0 Å². The highest BCUT2D eigenvalue weighted by Gasteiger charge is 2.29. The first-order valence-electron chi connectivity index (χ1n) is 24.4. The summed E-state index contributed by atoms with van der Waals surface area (Å²) in [6.45, 7) is 6.44. The van der Waals surface area contributed by atoms with Crippen LogP contribution in [0.5, 0.6) is 0 Å². The Labute approximate surface area is 454 Å². The minimum absolute atomic E-state index is 0.000191. The number of halogens is 4. The van der Waals surface area contributed by atoms with Crippen molar-refractivity contribution in [2.24, 2.45) is 0 Å². The molecule has 2 heterocycles. The van der Waals surface area contributed by atoms with Crippen molar-refractivity contribution in [3.05, 3.63) is 126 Å². The Kier molecular flexibility index (Phi) is 23.8. The van der Waals surface area contributed by atoms with Gasteiger partial charge >= 0.3 is 12.1 Å². The van der Waals surface area contributed by atoms with Gasteiger partial charge in [0.25, 0.3) is 0 Å². The van der Waals surface area contributed by atoms with Gasteiger partial charge < -0.3 is 50.0 Å². The molecule has 0 spiro atoms. The number of fused-ring (bicyclic) bond motifs is 2. The molecule has 4 aromatic rings. The fourth-order valence-electron chi connectivity index (χ4n) is 8.58. The van der Waals surface area contributed by atoms with Crippen molar-refractivity contribution in [2.45, 2.75) is 47.6 Å². The molecule has 18 nitrogen and oxygen atoms in total. The van der Waals surface area contributed by atoms with E-state index < -0.39 is 20.0 Å². The highest BCUT2D eigenvalue weighted by atomic mass is 35.5. The number of urea groups is 2. The normalized spacial score (nSPS) is 16.1. The van der Waals surface area contributed by atoms with E-state index in [2.05, 4.69) is 40.5 Å². The van der Waals surface area contributed by atoms with Gasteiger partial charge in [-0.05, 0) is 109 Å². The van der Waals surface area contributed by atoms with E-state index in [1.54, 1.807) is 36.4 Å². The van der Waals surface area contributed by atoms with E-state index in [0.717, 1.165) is 46.5 Å². The molecule has 0 saturated carbocycles. The lowest BCUT2D eigenvalue weighted by molar-refractivity contribution is 0.0516. The third kappa shape index (κ3) is 18.4. The predicted molar refractivity (Wildman–Crippen MR) is 288 cm³/mol. The van der Waals surface area contributed by atoms with Crippen molar-refractivity contribution >= 4 is 78.5 Å². The first kappa shape index (κ1) is 59.4. The third-order valence-corrected chi connectivity index (χ3v) is 16.3. The summed E-state index contributed by atoms with van der Waals surface area (Å²) < 4.78 is 78.8. The first-order valence-corrected chi connectivity index (χ1v) is 28.8. The summed E-state index contributed by atoms with van der Waals surface area (Å²) in [5.41, 5.74) is 6.09. The number of nitrogens with zero attached hydrogens (tertiary/aromatic N) is 2. The largest absolute Gasteiger partial charge is 0.378 e. The molecule has 6 N–H and O–H groups in total. The second kappa shape index (κ2) is 29.6. The Bertz CT molecular complexity index is 2510. The first-order chi connectivity index (χ1) is 35.5. The fraction of sp³-hybridized carbons (Fsp3) is 0.480. The molecule has 406 valence electrons. The quantitative estimate of drug-likeness (QED) is 0.0337. The molecular formula is C50H66Cl4N8O10S2. The molecule has 0 radical (unpaired) electrons. The van der Waals surface area contributed by atoms with Crippen LogP contribution in [0.1, 0.15) is 58.1 Å². The number of likely N-dealkylation sites (N-methyl/N-ethyl adjacent to an activating group) is 2. The summed E-state index contributed by atoms with van der Waals surface area (Å²) in [6.07, 6.45) is 1.31. The molecule has 74 heavy (non-hydrogen) atoms. The number of ether oxygens (including phenoxy) is 4. The third-order valence-electron chi connectivity index (χ3n) is 12.2. The highest BCUT2D eigenvalue weighted by Crippen LogP contribution is 2.40. The fourth-order valence-corrected chi connectivity index (χ4v) is 11.7. The number of rotatable bonds is 29. The Morgan fingerprint density at radius 3 is 1.20 bits per heavy atom. The van der Waals surface area contributed by atoms with Crippen LogP contribution in [0.2, 0.25) is 20.1 Å². The monoisotopic (exact) mass is 1140 g/mol. The Hall–Kier alpha value is -3.84. The Morgan fingerprint density at radius 2 is 0.838 bits per heavy atom. The maximum Gasteiger partial charge on any atom is 0.314 e. The number of benzene rings is 4. The van der Waals surface area contributed by atoms with Crippen molar-refractivity contribution in [3.8, 4) is 0 Å². The van der Waals surface area contributed by atoms with Crippen molar-refractivity contribution in [3.63, 3.8) is 0 Å². The van der Waals surface area contributed by atoms with Gasteiger partial charge in [-0.2, -0.15) is 0 Å². The van der Waals surface area contributed by atoms with Crippen LogP contribution >= 0.6 is 46.4 Å². The molecule has 2 unspecified atom stereocenters. The molecular weight excluding hydrogens is 1080 g/mol. The van der Waals surface area contributed by atoms with E-state index in [9.17, 15) is 26.4 Å². The smallest absolute Gasteiger partial charge is 0.314 e. The van der Waals surface area contributed by atoms with Crippen LogP contribution in [-0.2, 0) is 52.1 Å². The van der Waals surface area contributed by atoms with Gasteiger partial charge in [0.2, 0.25) is 20.0 Å². The minimum atomic E-state index is -3.74. The molecule has 4 amide bonds. The maximum absolute atomic E-state index is 12.9. The van der Waals surface area contributed by atoms with Crippen molar-refractivity contribution < 1.29 is 45.4 Å². The second-order valence-corrected chi connectivity index (χ2v) is 23.1. The molecule has 2 atom stereocenters. The Balaban J connectivity index is 0.694. The number of sulfonamides is 2. The molecule has 0 aliphatic carbocycles. The lowest BCUT2D eigenvalue weighted by atomic mass is 9.85. The van der Waals surface area contributed by atoms with E-state index in [4.69, 9.17) is 65.4 Å². The number of hydrogen-bond acceptors (Lipinski definition) is 12. The number of nitrogens with one attached hydrogen (secondary N) is 6. The maximum atomic E-state index is 12.9. The lowest BCUT2D eigenvalue weighted by Crippen LogP contribution is -2.39. The van der Waals surface area contributed by atoms with Gasteiger partial charge in [0.05, 0.1) is 62.6 Å².